The van der Waals surface area contributed by atoms with Crippen LogP contribution in [0.4, 0.5) is 26.3 Å². The van der Waals surface area contributed by atoms with Crippen LogP contribution in [0.5, 0.6) is 0 Å². The number of ketones is 1. The molecule has 0 spiro atoms. The third kappa shape index (κ3) is 78.3. The Bertz CT molecular complexity index is 345. The van der Waals surface area contributed by atoms with Crippen LogP contribution in [0.15, 0.2) is 0 Å². The van der Waals surface area contributed by atoms with E-state index in [4.69, 9.17) is 23.2 Å². The average molecular weight is 724 g/mol. The van der Waals surface area contributed by atoms with E-state index < -0.39 is 23.2 Å². The molecule has 0 aliphatic carbocycles. The summed E-state index contributed by atoms with van der Waals surface area (Å²) in [7, 11) is 0. The average Bonchev–Trinajstić information content (AvgIpc) is 2.85. The zero-order chi connectivity index (χ0) is 32.4. The monoisotopic (exact) mass is 722 g/mol. The number of Topliss-reactive ketones (excluding diaryl/α,β-unsaturated/α-hetero) is 1. The molecule has 0 aliphatic rings. The normalized spacial score (nSPS) is 8.45. The summed E-state index contributed by atoms with van der Waals surface area (Å²) in [6, 6.07) is 0. The van der Waals surface area contributed by atoms with Crippen molar-refractivity contribution in [3.63, 3.8) is 0 Å². The molecular weight excluding hydrogens is 657 g/mol. The Labute approximate surface area is 348 Å². The Kier molecular flexibility index (Phi) is 130. The molecule has 264 valence electrons. The van der Waals surface area contributed by atoms with Crippen LogP contribution in [0.1, 0.15) is 151 Å². The molecule has 0 bridgehead atoms. The van der Waals surface area contributed by atoms with Crippen LogP contribution in [0.25, 0.3) is 0 Å². The molecule has 0 N–H and O–H groups in total. The molecule has 0 radical (unpaired) electrons. The van der Waals surface area contributed by atoms with E-state index in [0.29, 0.717) is 6.42 Å². The van der Waals surface area contributed by atoms with Gasteiger partial charge in [0.1, 0.15) is 5.78 Å². The summed E-state index contributed by atoms with van der Waals surface area (Å²) < 4.78 is 71.0. The number of carbonyl (C=O) groups is 1. The third-order valence-electron chi connectivity index (χ3n) is 3.80. The summed E-state index contributed by atoms with van der Waals surface area (Å²) in [6.07, 6.45) is -7.17. The molecule has 0 rings (SSSR count). The maximum absolute atomic E-state index is 11.8. The van der Waals surface area contributed by atoms with Crippen molar-refractivity contribution in [2.75, 3.05) is 5.34 Å². The topological polar surface area (TPSA) is 17.1 Å². The standard InChI is InChI=1S/2C6H11F3.C4H8O.5C2H6.CH2Cl2.CH4.3Ar/c2*1-4-5(2,3)6(7,8)9;1-3-4(2)5;5*1-2;2-1-3;;;;/h2*4H2,1-3H3;3H2,1-2H3;5*1-2H3;1H2;1H4;;;. The van der Waals surface area contributed by atoms with Gasteiger partial charge in [0.05, 0.1) is 16.2 Å². The van der Waals surface area contributed by atoms with Gasteiger partial charge in [-0.1, -0.05) is 125 Å². The van der Waals surface area contributed by atoms with Gasteiger partial charge in [-0.3, -0.25) is 0 Å². The fourth-order valence-electron chi connectivity index (χ4n) is 0.401. The summed E-state index contributed by atoms with van der Waals surface area (Å²) in [6.45, 7) is 31.3. The zero-order valence-electron chi connectivity index (χ0n) is 27.8. The molecule has 0 heterocycles. The van der Waals surface area contributed by atoms with Gasteiger partial charge in [-0.05, 0) is 19.8 Å². The Morgan fingerprint density at radius 2 is 0.650 bits per heavy atom. The van der Waals surface area contributed by atoms with Gasteiger partial charge in [-0.25, -0.2) is 0 Å². The van der Waals surface area contributed by atoms with Gasteiger partial charge >= 0.3 is 12.4 Å². The fraction of sp³-hybridized carbons (Fsp3) is 0.964. The number of carbonyl (C=O) groups excluding carboxylic acids is 1. The quantitative estimate of drug-likeness (QED) is 0.209. The van der Waals surface area contributed by atoms with Crippen molar-refractivity contribution in [3.8, 4) is 0 Å². The Morgan fingerprint density at radius 3 is 0.650 bits per heavy atom. The van der Waals surface area contributed by atoms with E-state index in [9.17, 15) is 31.1 Å². The molecule has 12 heteroatoms. The van der Waals surface area contributed by atoms with Gasteiger partial charge in [-0.2, -0.15) is 26.3 Å². The van der Waals surface area contributed by atoms with Crippen molar-refractivity contribution in [2.45, 2.75) is 164 Å². The van der Waals surface area contributed by atoms with Gasteiger partial charge in [0.25, 0.3) is 0 Å². The van der Waals surface area contributed by atoms with E-state index in [0.717, 1.165) is 0 Å². The van der Waals surface area contributed by atoms with Gasteiger partial charge in [0.15, 0.2) is 0 Å². The number of hydrogen-bond acceptors (Lipinski definition) is 1. The Morgan fingerprint density at radius 1 is 0.550 bits per heavy atom. The molecule has 0 aromatic rings. The van der Waals surface area contributed by atoms with Crippen LogP contribution in [0.2, 0.25) is 0 Å². The molecule has 0 saturated carbocycles. The molecule has 0 atom stereocenters. The molecule has 0 aliphatic heterocycles. The Hall–Kier alpha value is 3.61. The maximum Gasteiger partial charge on any atom is 0.393 e. The van der Waals surface area contributed by atoms with E-state index in [2.05, 4.69) is 0 Å². The summed E-state index contributed by atoms with van der Waals surface area (Å²) in [5, 5.41) is 0.194. The molecule has 1 nitrogen and oxygen atoms in total. The van der Waals surface area contributed by atoms with Crippen molar-refractivity contribution in [1.82, 2.24) is 0 Å². The Balaban J connectivity index is -0.0000000200. The second-order valence-corrected chi connectivity index (χ2v) is 7.44. The van der Waals surface area contributed by atoms with Crippen molar-refractivity contribution in [1.29, 1.82) is 0 Å². The first kappa shape index (κ1) is 84.5. The van der Waals surface area contributed by atoms with Crippen molar-refractivity contribution in [3.05, 3.63) is 0 Å². The fourth-order valence-corrected chi connectivity index (χ4v) is 0.401. The van der Waals surface area contributed by atoms with E-state index >= 15 is 0 Å². The molecule has 0 saturated heterocycles. The van der Waals surface area contributed by atoms with Crippen molar-refractivity contribution >= 4 is 29.0 Å². The predicted molar refractivity (Wildman–Crippen MR) is 161 cm³/mol. The molecule has 40 heavy (non-hydrogen) atoms. The summed E-state index contributed by atoms with van der Waals surface area (Å²) >= 11 is 9.53. The van der Waals surface area contributed by atoms with Gasteiger partial charge in [0.2, 0.25) is 0 Å². The van der Waals surface area contributed by atoms with E-state index in [-0.39, 0.29) is 145 Å². The molecular formula is C28H66Ar3Cl2F6O. The first-order valence-corrected chi connectivity index (χ1v) is 14.1. The first-order valence-electron chi connectivity index (χ1n) is 13.1. The second kappa shape index (κ2) is 61.6. The van der Waals surface area contributed by atoms with E-state index in [1.165, 1.54) is 41.5 Å². The smallest absolute Gasteiger partial charge is 0.300 e. The van der Waals surface area contributed by atoms with Gasteiger partial charge < -0.3 is 4.79 Å². The summed E-state index contributed by atoms with van der Waals surface area (Å²) in [5.74, 6) is 0.255. The van der Waals surface area contributed by atoms with Gasteiger partial charge in [-0.15, -0.1) is 23.2 Å². The minimum atomic E-state index is -4.05. The molecule has 0 aromatic heterocycles. The molecule has 0 amide bonds. The van der Waals surface area contributed by atoms with Crippen molar-refractivity contribution < 1.29 is 144 Å². The minimum absolute atomic E-state index is 0. The summed E-state index contributed by atoms with van der Waals surface area (Å²) in [4.78, 5) is 9.81. The number of rotatable bonds is 3. The van der Waals surface area contributed by atoms with Crippen LogP contribution in [-0.2, 0) is 4.79 Å². The largest absolute Gasteiger partial charge is 0.393 e. The third-order valence-corrected chi connectivity index (χ3v) is 3.80. The van der Waals surface area contributed by atoms with Crippen LogP contribution >= 0.6 is 23.2 Å². The molecule has 0 unspecified atom stereocenters. The predicted octanol–water partition coefficient (Wildman–Crippen LogP) is 14.1. The first-order chi connectivity index (χ1) is 16.3. The molecule has 0 aromatic carbocycles. The maximum atomic E-state index is 11.8. The molecule has 0 fully saturated rings. The zero-order valence-corrected chi connectivity index (χ0v) is 31.5. The minimum Gasteiger partial charge on any atom is -0.300 e. The van der Waals surface area contributed by atoms with Crippen molar-refractivity contribution in [2.24, 2.45) is 10.8 Å². The number of halogens is 8. The van der Waals surface area contributed by atoms with Crippen LogP contribution in [0.3, 0.4) is 0 Å². The van der Waals surface area contributed by atoms with Gasteiger partial charge in [0, 0.05) is 120 Å². The van der Waals surface area contributed by atoms with Crippen LogP contribution in [-0.4, -0.2) is 23.5 Å². The van der Waals surface area contributed by atoms with Crippen LogP contribution < -0.4 is 0 Å². The van der Waals surface area contributed by atoms with E-state index in [1.807, 2.05) is 76.2 Å². The number of alkyl halides is 8. The van der Waals surface area contributed by atoms with E-state index in [1.54, 1.807) is 6.92 Å². The second-order valence-electron chi connectivity index (χ2n) is 6.63. The SMILES string of the molecule is C.CC.CC.CC.CC.CC.CCC(C)(C)C(F)(F)F.CCC(C)(C)C(F)(F)F.CCC(C)=O.ClCCl.[Ar].[Ar].[Ar]. The number of hydrogen-bond donors (Lipinski definition) is 0. The summed E-state index contributed by atoms with van der Waals surface area (Å²) in [5.41, 5.74) is -3.04. The van der Waals surface area contributed by atoms with Crippen LogP contribution in [0, 0.1) is 124 Å².